The summed E-state index contributed by atoms with van der Waals surface area (Å²) in [6.07, 6.45) is 5.10. The molecule has 0 fully saturated rings. The number of rotatable bonds is 1. The van der Waals surface area contributed by atoms with Gasteiger partial charge in [0.15, 0.2) is 5.52 Å². The van der Waals surface area contributed by atoms with Crippen molar-refractivity contribution < 1.29 is 18.3 Å². The van der Waals surface area contributed by atoms with E-state index in [1.54, 1.807) is 0 Å². The molecule has 96 valence electrons. The monoisotopic (exact) mass is 282 g/mol. The Balaban J connectivity index is 2.28. The first-order valence-corrected chi connectivity index (χ1v) is 6.42. The molecular formula is C8H3N4O6P. The number of phosphoric acid groups is 1. The lowest BCUT2D eigenvalue weighted by Crippen LogP contribution is -2.41. The maximum Gasteiger partial charge on any atom is 0.689 e. The minimum atomic E-state index is -4.03. The summed E-state index contributed by atoms with van der Waals surface area (Å²) in [7, 11) is -4.03. The minimum absolute atomic E-state index is 0.125. The van der Waals surface area contributed by atoms with Crippen LogP contribution in [0.1, 0.15) is 0 Å². The van der Waals surface area contributed by atoms with Crippen LogP contribution in [0.3, 0.4) is 0 Å². The predicted octanol–water partition coefficient (Wildman–Crippen LogP) is -1.64. The maximum absolute atomic E-state index is 12.1. The molecule has 6 bridgehead atoms. The molecule has 0 spiro atoms. The van der Waals surface area contributed by atoms with Gasteiger partial charge >= 0.3 is 19.5 Å². The Morgan fingerprint density at radius 1 is 1.32 bits per heavy atom. The molecule has 19 heavy (non-hydrogen) atoms. The van der Waals surface area contributed by atoms with Crippen LogP contribution < -0.4 is 25.0 Å². The molecule has 1 atom stereocenters. The Kier molecular flexibility index (Phi) is 1.54. The van der Waals surface area contributed by atoms with Crippen LogP contribution in [0.25, 0.3) is 11.2 Å². The second-order valence-corrected chi connectivity index (χ2v) is 5.14. The highest BCUT2D eigenvalue weighted by Crippen LogP contribution is 2.51. The minimum Gasteiger partial charge on any atom is -0.346 e. The highest BCUT2D eigenvalue weighted by molar-refractivity contribution is 7.49. The molecule has 5 heterocycles. The second-order valence-electron chi connectivity index (χ2n) is 3.74. The number of hydrogen-bond donors (Lipinski definition) is 0. The van der Waals surface area contributed by atoms with Crippen molar-refractivity contribution in [2.45, 2.75) is 6.54 Å². The zero-order valence-electron chi connectivity index (χ0n) is 8.97. The highest BCUT2D eigenvalue weighted by Gasteiger charge is 2.49. The molecule has 5 rings (SSSR count). The second kappa shape index (κ2) is 2.84. The molecule has 2 aromatic heterocycles. The van der Waals surface area contributed by atoms with Gasteiger partial charge in [-0.05, 0) is 0 Å². The van der Waals surface area contributed by atoms with Crippen molar-refractivity contribution in [3.63, 3.8) is 0 Å². The number of terminal acetylenes is 1. The molecule has 3 aliphatic rings. The van der Waals surface area contributed by atoms with Crippen LogP contribution in [0.2, 0.25) is 0 Å². The predicted molar refractivity (Wildman–Crippen MR) is 58.5 cm³/mol. The van der Waals surface area contributed by atoms with Crippen LogP contribution in [0, 0.1) is 12.3 Å². The van der Waals surface area contributed by atoms with Gasteiger partial charge in [-0.1, -0.05) is 10.7 Å². The summed E-state index contributed by atoms with van der Waals surface area (Å²) < 4.78 is 28.7. The van der Waals surface area contributed by atoms with Gasteiger partial charge in [0.2, 0.25) is 5.65 Å². The van der Waals surface area contributed by atoms with E-state index >= 15 is 0 Å². The quantitative estimate of drug-likeness (QED) is 0.456. The van der Waals surface area contributed by atoms with E-state index in [0.29, 0.717) is 4.73 Å². The van der Waals surface area contributed by atoms with Crippen molar-refractivity contribution in [2.75, 3.05) is 0 Å². The van der Waals surface area contributed by atoms with E-state index in [2.05, 4.69) is 10.9 Å². The first-order chi connectivity index (χ1) is 9.04. The van der Waals surface area contributed by atoms with Crippen molar-refractivity contribution >= 4 is 19.0 Å². The molecule has 2 aromatic rings. The highest BCUT2D eigenvalue weighted by atomic mass is 31.2. The zero-order chi connectivity index (χ0) is 13.4. The van der Waals surface area contributed by atoms with E-state index in [4.69, 9.17) is 20.2 Å². The van der Waals surface area contributed by atoms with Crippen LogP contribution in [0.15, 0.2) is 9.59 Å². The molecule has 0 saturated heterocycles. The van der Waals surface area contributed by atoms with Crippen LogP contribution >= 0.6 is 7.82 Å². The molecule has 0 aliphatic carbocycles. The van der Waals surface area contributed by atoms with Crippen molar-refractivity contribution in [1.29, 1.82) is 0 Å². The fourth-order valence-electron chi connectivity index (χ4n) is 1.90. The average Bonchev–Trinajstić information content (AvgIpc) is 2.72. The Morgan fingerprint density at radius 2 is 2.05 bits per heavy atom. The van der Waals surface area contributed by atoms with Crippen molar-refractivity contribution in [2.24, 2.45) is 0 Å². The fraction of sp³-hybridized carbons (Fsp3) is 0.125. The van der Waals surface area contributed by atoms with Gasteiger partial charge in [0.05, 0.1) is 6.54 Å². The average molecular weight is 282 g/mol. The van der Waals surface area contributed by atoms with E-state index in [1.165, 1.54) is 0 Å². The topological polar surface area (TPSA) is 107 Å². The van der Waals surface area contributed by atoms with Crippen molar-refractivity contribution in [3.8, 4) is 18.4 Å². The molecule has 3 aliphatic heterocycles. The maximum atomic E-state index is 12.1. The van der Waals surface area contributed by atoms with Crippen LogP contribution in [0.4, 0.5) is 0 Å². The summed E-state index contributed by atoms with van der Waals surface area (Å²) in [5.74, 6) is 2.17. The summed E-state index contributed by atoms with van der Waals surface area (Å²) in [6, 6.07) is -0.209. The van der Waals surface area contributed by atoms with E-state index < -0.39 is 19.1 Å². The number of aromatic nitrogens is 4. The van der Waals surface area contributed by atoms with Gasteiger partial charge in [-0.2, -0.15) is 9.55 Å². The fourth-order valence-corrected chi connectivity index (χ4v) is 3.01. The van der Waals surface area contributed by atoms with Crippen LogP contribution in [0.5, 0.6) is 6.01 Å². The summed E-state index contributed by atoms with van der Waals surface area (Å²) in [5, 5.41) is 0. The molecule has 0 radical (unpaired) electrons. The number of nitrogens with zero attached hydrogens (tertiary/aromatic N) is 4. The summed E-state index contributed by atoms with van der Waals surface area (Å²) >= 11 is 0. The largest absolute Gasteiger partial charge is 0.689 e. The van der Waals surface area contributed by atoms with E-state index in [0.717, 1.165) is 9.30 Å². The summed E-state index contributed by atoms with van der Waals surface area (Å²) in [5.41, 5.74) is -1.88. The molecule has 1 unspecified atom stereocenters. The molecule has 0 saturated carbocycles. The number of imidazole rings is 1. The summed E-state index contributed by atoms with van der Waals surface area (Å²) in [4.78, 5) is 28.0. The smallest absolute Gasteiger partial charge is 0.346 e. The van der Waals surface area contributed by atoms with Gasteiger partial charge < -0.3 is 4.52 Å². The first kappa shape index (κ1) is 10.3. The van der Waals surface area contributed by atoms with Gasteiger partial charge in [-0.25, -0.2) is 9.36 Å². The Hall–Kier alpha value is -2.66. The lowest BCUT2D eigenvalue weighted by Gasteiger charge is -2.07. The Bertz CT molecular complexity index is 959. The SMILES string of the molecule is C#CCn1c(=O)c2c3nc4n2OP(=O)(O4)On3c1=O. The van der Waals surface area contributed by atoms with Gasteiger partial charge in [-0.15, -0.1) is 11.2 Å². The third-order valence-electron chi connectivity index (χ3n) is 2.64. The number of hydrogen-bond acceptors (Lipinski definition) is 7. The van der Waals surface area contributed by atoms with Crippen molar-refractivity contribution in [1.82, 2.24) is 19.0 Å². The van der Waals surface area contributed by atoms with Crippen LogP contribution in [-0.2, 0) is 11.1 Å². The molecule has 0 N–H and O–H groups in total. The standard InChI is InChI=1S/C8H3N4O6P/c1-2-3-10-6(13)4-5-9-7-11(4)17-19(15,16-7)18-12(5)8(10)14/h1H,3H2. The molecule has 0 amide bonds. The normalized spacial score (nSPS) is 21.8. The van der Waals surface area contributed by atoms with Gasteiger partial charge in [0.25, 0.3) is 5.56 Å². The van der Waals surface area contributed by atoms with E-state index in [1.807, 2.05) is 0 Å². The van der Waals surface area contributed by atoms with E-state index in [9.17, 15) is 14.2 Å². The molecule has 11 heteroatoms. The Morgan fingerprint density at radius 3 is 2.79 bits per heavy atom. The van der Waals surface area contributed by atoms with E-state index in [-0.39, 0.29) is 23.7 Å². The van der Waals surface area contributed by atoms with Gasteiger partial charge in [-0.3, -0.25) is 14.0 Å². The lowest BCUT2D eigenvalue weighted by atomic mass is 10.5. The Labute approximate surface area is 103 Å². The van der Waals surface area contributed by atoms with Crippen molar-refractivity contribution in [3.05, 3.63) is 20.8 Å². The molecule has 10 nitrogen and oxygen atoms in total. The zero-order valence-corrected chi connectivity index (χ0v) is 9.86. The first-order valence-electron chi connectivity index (χ1n) is 4.96. The lowest BCUT2D eigenvalue weighted by molar-refractivity contribution is 0.179. The van der Waals surface area contributed by atoms with Gasteiger partial charge in [0, 0.05) is 0 Å². The molecular weight excluding hydrogens is 279 g/mol. The third kappa shape index (κ3) is 1.04. The van der Waals surface area contributed by atoms with Gasteiger partial charge in [0.1, 0.15) is 0 Å². The molecule has 0 aromatic carbocycles. The third-order valence-corrected chi connectivity index (χ3v) is 3.75. The van der Waals surface area contributed by atoms with Crippen LogP contribution in [-0.4, -0.2) is 19.0 Å². The summed E-state index contributed by atoms with van der Waals surface area (Å²) in [6.45, 7) is -0.261.